The fourth-order valence-corrected chi connectivity index (χ4v) is 2.06. The van der Waals surface area contributed by atoms with Crippen LogP contribution in [0.5, 0.6) is 0 Å². The van der Waals surface area contributed by atoms with Gasteiger partial charge in [0.05, 0.1) is 5.52 Å². The Morgan fingerprint density at radius 2 is 2.12 bits per heavy atom. The molecule has 0 unspecified atom stereocenters. The molecule has 88 valence electrons. The van der Waals surface area contributed by atoms with Crippen molar-refractivity contribution < 1.29 is 0 Å². The maximum atomic E-state index is 4.54. The largest absolute Gasteiger partial charge is 0.316 e. The van der Waals surface area contributed by atoms with Crippen LogP contribution in [-0.2, 0) is 0 Å². The second kappa shape index (κ2) is 5.11. The third-order valence-electron chi connectivity index (χ3n) is 2.73. The molecule has 0 amide bonds. The minimum absolute atomic E-state index is 0.912. The number of fused-ring (bicyclic) bond motifs is 1. The number of nitrogens with zero attached hydrogens (tertiary/aromatic N) is 1. The van der Waals surface area contributed by atoms with E-state index in [1.54, 1.807) is 0 Å². The van der Waals surface area contributed by atoms with Crippen molar-refractivity contribution in [1.29, 1.82) is 0 Å². The molecule has 1 N–H and O–H groups in total. The first-order valence-electron chi connectivity index (χ1n) is 5.89. The van der Waals surface area contributed by atoms with Gasteiger partial charge in [-0.2, -0.15) is 0 Å². The minimum Gasteiger partial charge on any atom is -0.316 e. The Kier molecular flexibility index (Phi) is 3.55. The summed E-state index contributed by atoms with van der Waals surface area (Å²) in [6.45, 7) is 5.09. The van der Waals surface area contributed by atoms with Crippen molar-refractivity contribution in [1.82, 2.24) is 10.3 Å². The molecular formula is C15H18N2. The van der Waals surface area contributed by atoms with Crippen LogP contribution < -0.4 is 5.32 Å². The zero-order valence-corrected chi connectivity index (χ0v) is 10.6. The summed E-state index contributed by atoms with van der Waals surface area (Å²) in [5, 5.41) is 4.38. The molecule has 1 aromatic carbocycles. The van der Waals surface area contributed by atoms with Crippen molar-refractivity contribution in [2.45, 2.75) is 13.8 Å². The van der Waals surface area contributed by atoms with Crippen molar-refractivity contribution in [2.75, 3.05) is 13.6 Å². The fourth-order valence-electron chi connectivity index (χ4n) is 2.06. The monoisotopic (exact) mass is 226 g/mol. The van der Waals surface area contributed by atoms with Gasteiger partial charge < -0.3 is 5.32 Å². The smallest absolute Gasteiger partial charge is 0.0711 e. The van der Waals surface area contributed by atoms with Gasteiger partial charge in [-0.1, -0.05) is 29.8 Å². The van der Waals surface area contributed by atoms with Crippen LogP contribution in [0.3, 0.4) is 0 Å². The highest BCUT2D eigenvalue weighted by Crippen LogP contribution is 2.20. The van der Waals surface area contributed by atoms with E-state index < -0.39 is 0 Å². The van der Waals surface area contributed by atoms with Gasteiger partial charge in [-0.15, -0.1) is 0 Å². The van der Waals surface area contributed by atoms with E-state index in [2.05, 4.69) is 47.6 Å². The number of nitrogens with one attached hydrogen (secondary N) is 1. The molecule has 2 rings (SSSR count). The molecule has 2 nitrogen and oxygen atoms in total. The Balaban J connectivity index is 2.56. The lowest BCUT2D eigenvalue weighted by Crippen LogP contribution is -2.08. The normalized spacial score (nSPS) is 12.1. The van der Waals surface area contributed by atoms with E-state index in [-0.39, 0.29) is 0 Å². The average molecular weight is 226 g/mol. The van der Waals surface area contributed by atoms with Gasteiger partial charge in [0, 0.05) is 17.6 Å². The average Bonchev–Trinajstić information content (AvgIpc) is 2.29. The van der Waals surface area contributed by atoms with Crippen molar-refractivity contribution >= 4 is 17.0 Å². The molecule has 1 heterocycles. The zero-order valence-electron chi connectivity index (χ0n) is 10.6. The molecule has 0 fully saturated rings. The first kappa shape index (κ1) is 11.8. The van der Waals surface area contributed by atoms with E-state index in [0.29, 0.717) is 0 Å². The van der Waals surface area contributed by atoms with E-state index in [1.807, 2.05) is 20.0 Å². The maximum absolute atomic E-state index is 4.54. The summed E-state index contributed by atoms with van der Waals surface area (Å²) in [5.74, 6) is 0. The molecule has 0 radical (unpaired) electrons. The Morgan fingerprint density at radius 3 is 2.88 bits per heavy atom. The summed E-state index contributed by atoms with van der Waals surface area (Å²) < 4.78 is 0. The van der Waals surface area contributed by atoms with Gasteiger partial charge in [0.2, 0.25) is 0 Å². The van der Waals surface area contributed by atoms with Gasteiger partial charge in [-0.3, -0.25) is 4.98 Å². The fraction of sp³-hybridized carbons (Fsp3) is 0.267. The highest BCUT2D eigenvalue weighted by molar-refractivity contribution is 5.88. The van der Waals surface area contributed by atoms with Crippen LogP contribution >= 0.6 is 0 Å². The number of hydrogen-bond acceptors (Lipinski definition) is 2. The van der Waals surface area contributed by atoms with Gasteiger partial charge >= 0.3 is 0 Å². The van der Waals surface area contributed by atoms with Crippen molar-refractivity contribution in [3.05, 3.63) is 47.2 Å². The number of hydrogen-bond donors (Lipinski definition) is 1. The molecule has 17 heavy (non-hydrogen) atoms. The topological polar surface area (TPSA) is 24.9 Å². The van der Waals surface area contributed by atoms with Crippen LogP contribution in [-0.4, -0.2) is 18.6 Å². The quantitative estimate of drug-likeness (QED) is 0.869. The maximum Gasteiger partial charge on any atom is 0.0711 e. The standard InChI is InChI=1S/C15H18N2/c1-11(10-16-3)8-13-9-12(2)17-15-7-5-4-6-14(13)15/h4-9,16H,10H2,1-3H3. The molecule has 0 saturated carbocycles. The molecule has 0 spiro atoms. The molecule has 0 atom stereocenters. The summed E-state index contributed by atoms with van der Waals surface area (Å²) >= 11 is 0. The summed E-state index contributed by atoms with van der Waals surface area (Å²) in [5.41, 5.74) is 4.70. The Morgan fingerprint density at radius 1 is 1.35 bits per heavy atom. The number of benzene rings is 1. The lowest BCUT2D eigenvalue weighted by atomic mass is 10.1. The number of para-hydroxylation sites is 1. The van der Waals surface area contributed by atoms with Gasteiger partial charge in [0.25, 0.3) is 0 Å². The molecular weight excluding hydrogens is 208 g/mol. The lowest BCUT2D eigenvalue weighted by molar-refractivity contribution is 0.885. The molecule has 0 aliphatic carbocycles. The number of aryl methyl sites for hydroxylation is 1. The number of aromatic nitrogens is 1. The predicted molar refractivity (Wildman–Crippen MR) is 74.1 cm³/mol. The van der Waals surface area contributed by atoms with E-state index in [1.165, 1.54) is 16.5 Å². The number of likely N-dealkylation sites (N-methyl/N-ethyl adjacent to an activating group) is 1. The summed E-state index contributed by atoms with van der Waals surface area (Å²) in [7, 11) is 1.97. The van der Waals surface area contributed by atoms with E-state index in [9.17, 15) is 0 Å². The Hall–Kier alpha value is -1.67. The lowest BCUT2D eigenvalue weighted by Gasteiger charge is -2.06. The minimum atomic E-state index is 0.912. The van der Waals surface area contributed by atoms with Gasteiger partial charge in [-0.05, 0) is 38.6 Å². The van der Waals surface area contributed by atoms with Crippen LogP contribution in [0.1, 0.15) is 18.2 Å². The van der Waals surface area contributed by atoms with Crippen molar-refractivity contribution in [3.63, 3.8) is 0 Å². The van der Waals surface area contributed by atoms with E-state index in [0.717, 1.165) is 17.8 Å². The second-order valence-electron chi connectivity index (χ2n) is 4.39. The molecule has 0 aliphatic heterocycles. The van der Waals surface area contributed by atoms with Crippen molar-refractivity contribution in [2.24, 2.45) is 0 Å². The summed E-state index contributed by atoms with van der Waals surface area (Å²) in [6.07, 6.45) is 2.23. The first-order chi connectivity index (χ1) is 8.20. The van der Waals surface area contributed by atoms with Crippen LogP contribution in [0.25, 0.3) is 17.0 Å². The second-order valence-corrected chi connectivity index (χ2v) is 4.39. The molecule has 2 aromatic rings. The highest BCUT2D eigenvalue weighted by Gasteiger charge is 2.01. The Labute approximate surface area is 102 Å². The van der Waals surface area contributed by atoms with Crippen LogP contribution in [0, 0.1) is 6.92 Å². The molecule has 0 aliphatic rings. The van der Waals surface area contributed by atoms with Crippen molar-refractivity contribution in [3.8, 4) is 0 Å². The number of rotatable bonds is 3. The summed E-state index contributed by atoms with van der Waals surface area (Å²) in [4.78, 5) is 4.54. The molecule has 0 saturated heterocycles. The summed E-state index contributed by atoms with van der Waals surface area (Å²) in [6, 6.07) is 10.4. The third-order valence-corrected chi connectivity index (χ3v) is 2.73. The predicted octanol–water partition coefficient (Wildman–Crippen LogP) is 3.17. The molecule has 1 aromatic heterocycles. The molecule has 2 heteroatoms. The van der Waals surface area contributed by atoms with Crippen LogP contribution in [0.15, 0.2) is 35.9 Å². The SMILES string of the molecule is CNCC(C)=Cc1cc(C)nc2ccccc12. The number of pyridine rings is 1. The van der Waals surface area contributed by atoms with E-state index >= 15 is 0 Å². The third kappa shape index (κ3) is 2.71. The zero-order chi connectivity index (χ0) is 12.3. The first-order valence-corrected chi connectivity index (χ1v) is 5.89. The van der Waals surface area contributed by atoms with Gasteiger partial charge in [0.1, 0.15) is 0 Å². The van der Waals surface area contributed by atoms with Gasteiger partial charge in [-0.25, -0.2) is 0 Å². The highest BCUT2D eigenvalue weighted by atomic mass is 14.8. The molecule has 0 bridgehead atoms. The Bertz CT molecular complexity index is 556. The van der Waals surface area contributed by atoms with Crippen LogP contribution in [0.2, 0.25) is 0 Å². The van der Waals surface area contributed by atoms with Gasteiger partial charge in [0.15, 0.2) is 0 Å². The van der Waals surface area contributed by atoms with E-state index in [4.69, 9.17) is 0 Å². The van der Waals surface area contributed by atoms with Crippen LogP contribution in [0.4, 0.5) is 0 Å².